The van der Waals surface area contributed by atoms with Gasteiger partial charge in [0.05, 0.1) is 19.6 Å². The van der Waals surface area contributed by atoms with E-state index in [0.29, 0.717) is 25.5 Å². The van der Waals surface area contributed by atoms with Gasteiger partial charge in [-0.05, 0) is 31.0 Å². The molecule has 1 unspecified atom stereocenters. The number of nitrogens with one attached hydrogen (secondary N) is 2. The molecule has 1 aromatic carbocycles. The molecule has 130 valence electrons. The van der Waals surface area contributed by atoms with Crippen molar-refractivity contribution in [1.82, 2.24) is 10.6 Å². The molecule has 0 aliphatic rings. The third kappa shape index (κ3) is 8.73. The zero-order valence-electron chi connectivity index (χ0n) is 13.8. The van der Waals surface area contributed by atoms with Gasteiger partial charge in [0.15, 0.2) is 5.96 Å². The highest BCUT2D eigenvalue weighted by atomic mass is 127. The Morgan fingerprint density at radius 2 is 2.13 bits per heavy atom. The second kappa shape index (κ2) is 12.1. The Morgan fingerprint density at radius 3 is 2.74 bits per heavy atom. The summed E-state index contributed by atoms with van der Waals surface area (Å²) in [6, 6.07) is 6.53. The summed E-state index contributed by atoms with van der Waals surface area (Å²) in [5.74, 6) is -0.164. The molecule has 0 radical (unpaired) electrons. The van der Waals surface area contributed by atoms with Crippen molar-refractivity contribution in [3.8, 4) is 0 Å². The molecular weight excluding hydrogens is 412 g/mol. The molecule has 0 saturated heterocycles. The Labute approximate surface area is 154 Å². The molecule has 0 saturated carbocycles. The lowest BCUT2D eigenvalue weighted by Gasteiger charge is -2.12. The predicted molar refractivity (Wildman–Crippen MR) is 101 cm³/mol. The van der Waals surface area contributed by atoms with E-state index in [4.69, 9.17) is 0 Å². The molecular formula is C16H25FIN3O2. The van der Waals surface area contributed by atoms with E-state index in [1.807, 2.05) is 13.0 Å². The molecule has 1 rings (SSSR count). The molecule has 0 fully saturated rings. The van der Waals surface area contributed by atoms with Crippen LogP contribution >= 0.6 is 24.0 Å². The SMILES string of the molecule is CCNC(=NCC(C)C(=O)OC)NCCc1cccc(F)c1.I. The molecule has 0 aliphatic carbocycles. The van der Waals surface area contributed by atoms with E-state index in [1.54, 1.807) is 13.0 Å². The molecule has 5 nitrogen and oxygen atoms in total. The van der Waals surface area contributed by atoms with Gasteiger partial charge in [-0.2, -0.15) is 0 Å². The van der Waals surface area contributed by atoms with Crippen molar-refractivity contribution in [3.63, 3.8) is 0 Å². The first-order valence-corrected chi connectivity index (χ1v) is 7.41. The fourth-order valence-electron chi connectivity index (χ4n) is 1.86. The number of halogens is 2. The van der Waals surface area contributed by atoms with E-state index in [-0.39, 0.29) is 41.7 Å². The Morgan fingerprint density at radius 1 is 1.39 bits per heavy atom. The number of guanidine groups is 1. The third-order valence-corrected chi connectivity index (χ3v) is 3.07. The van der Waals surface area contributed by atoms with Gasteiger partial charge in [-0.15, -0.1) is 24.0 Å². The molecule has 0 bridgehead atoms. The quantitative estimate of drug-likeness (QED) is 0.298. The van der Waals surface area contributed by atoms with E-state index in [9.17, 15) is 9.18 Å². The van der Waals surface area contributed by atoms with Gasteiger partial charge in [-0.25, -0.2) is 4.39 Å². The standard InChI is InChI=1S/C16H24FN3O2.HI/c1-4-18-16(20-11-12(2)15(21)22-3)19-9-8-13-6-5-7-14(17)10-13;/h5-7,10,12H,4,8-9,11H2,1-3H3,(H2,18,19,20);1H. The molecule has 0 heterocycles. The van der Waals surface area contributed by atoms with Gasteiger partial charge in [0.25, 0.3) is 0 Å². The lowest BCUT2D eigenvalue weighted by atomic mass is 10.1. The van der Waals surface area contributed by atoms with Crippen molar-refractivity contribution in [1.29, 1.82) is 0 Å². The van der Waals surface area contributed by atoms with E-state index >= 15 is 0 Å². The number of aliphatic imine (C=N–C) groups is 1. The minimum absolute atomic E-state index is 0. The molecule has 0 amide bonds. The number of hydrogen-bond acceptors (Lipinski definition) is 3. The van der Waals surface area contributed by atoms with Crippen molar-refractivity contribution in [2.75, 3.05) is 26.7 Å². The monoisotopic (exact) mass is 437 g/mol. The van der Waals surface area contributed by atoms with E-state index in [2.05, 4.69) is 20.4 Å². The fourth-order valence-corrected chi connectivity index (χ4v) is 1.86. The van der Waals surface area contributed by atoms with Crippen molar-refractivity contribution in [2.24, 2.45) is 10.9 Å². The number of hydrogen-bond donors (Lipinski definition) is 2. The summed E-state index contributed by atoms with van der Waals surface area (Å²) >= 11 is 0. The van der Waals surface area contributed by atoms with Gasteiger partial charge in [0.1, 0.15) is 5.82 Å². The van der Waals surface area contributed by atoms with Gasteiger partial charge in [-0.3, -0.25) is 9.79 Å². The summed E-state index contributed by atoms with van der Waals surface area (Å²) in [7, 11) is 1.37. The highest BCUT2D eigenvalue weighted by Crippen LogP contribution is 2.03. The zero-order valence-corrected chi connectivity index (χ0v) is 16.1. The molecule has 0 aromatic heterocycles. The summed E-state index contributed by atoms with van der Waals surface area (Å²) in [4.78, 5) is 15.7. The number of rotatable bonds is 7. The summed E-state index contributed by atoms with van der Waals surface area (Å²) in [6.07, 6.45) is 0.689. The van der Waals surface area contributed by atoms with Gasteiger partial charge in [0.2, 0.25) is 0 Å². The minimum atomic E-state index is -0.288. The summed E-state index contributed by atoms with van der Waals surface area (Å²) < 4.78 is 17.8. The van der Waals surface area contributed by atoms with Gasteiger partial charge in [-0.1, -0.05) is 19.1 Å². The second-order valence-electron chi connectivity index (χ2n) is 4.95. The topological polar surface area (TPSA) is 62.7 Å². The minimum Gasteiger partial charge on any atom is -0.469 e. The van der Waals surface area contributed by atoms with Gasteiger partial charge < -0.3 is 15.4 Å². The van der Waals surface area contributed by atoms with Crippen LogP contribution in [-0.2, 0) is 16.0 Å². The summed E-state index contributed by atoms with van der Waals surface area (Å²) in [5, 5.41) is 6.27. The molecule has 0 spiro atoms. The highest BCUT2D eigenvalue weighted by molar-refractivity contribution is 14.0. The molecule has 0 aliphatic heterocycles. The fraction of sp³-hybridized carbons (Fsp3) is 0.500. The number of methoxy groups -OCH3 is 1. The Balaban J connectivity index is 0.00000484. The normalized spacial score (nSPS) is 12.1. The van der Waals surface area contributed by atoms with E-state index in [0.717, 1.165) is 12.1 Å². The first-order valence-electron chi connectivity index (χ1n) is 7.41. The number of carbonyl (C=O) groups excluding carboxylic acids is 1. The molecule has 2 N–H and O–H groups in total. The zero-order chi connectivity index (χ0) is 16.4. The molecule has 1 atom stereocenters. The first kappa shape index (κ1) is 21.6. The first-order chi connectivity index (χ1) is 10.6. The predicted octanol–water partition coefficient (Wildman–Crippen LogP) is 2.35. The summed E-state index contributed by atoms with van der Waals surface area (Å²) in [5.41, 5.74) is 0.922. The number of ether oxygens (including phenoxy) is 1. The van der Waals surface area contributed by atoms with Crippen LogP contribution in [0.5, 0.6) is 0 Å². The largest absolute Gasteiger partial charge is 0.469 e. The second-order valence-corrected chi connectivity index (χ2v) is 4.95. The smallest absolute Gasteiger partial charge is 0.310 e. The van der Waals surface area contributed by atoms with Crippen LogP contribution in [0.4, 0.5) is 4.39 Å². The average molecular weight is 437 g/mol. The number of benzene rings is 1. The average Bonchev–Trinajstić information content (AvgIpc) is 2.51. The molecule has 7 heteroatoms. The van der Waals surface area contributed by atoms with Crippen LogP contribution < -0.4 is 10.6 Å². The highest BCUT2D eigenvalue weighted by Gasteiger charge is 2.12. The van der Waals surface area contributed by atoms with Crippen LogP contribution in [0.15, 0.2) is 29.3 Å². The van der Waals surface area contributed by atoms with Crippen LogP contribution in [0.3, 0.4) is 0 Å². The van der Waals surface area contributed by atoms with Crippen LogP contribution in [0.2, 0.25) is 0 Å². The van der Waals surface area contributed by atoms with Gasteiger partial charge >= 0.3 is 5.97 Å². The van der Waals surface area contributed by atoms with E-state index in [1.165, 1.54) is 19.2 Å². The van der Waals surface area contributed by atoms with Crippen LogP contribution in [0.1, 0.15) is 19.4 Å². The Kier molecular flexibility index (Phi) is 11.4. The van der Waals surface area contributed by atoms with Crippen molar-refractivity contribution in [3.05, 3.63) is 35.6 Å². The molecule has 23 heavy (non-hydrogen) atoms. The lowest BCUT2D eigenvalue weighted by molar-refractivity contribution is -0.144. The third-order valence-electron chi connectivity index (χ3n) is 3.07. The van der Waals surface area contributed by atoms with Crippen molar-refractivity contribution >= 4 is 35.9 Å². The number of nitrogens with zero attached hydrogens (tertiary/aromatic N) is 1. The molecule has 1 aromatic rings. The number of esters is 1. The van der Waals surface area contributed by atoms with Crippen LogP contribution in [-0.4, -0.2) is 38.7 Å². The van der Waals surface area contributed by atoms with Crippen LogP contribution in [0, 0.1) is 11.7 Å². The maximum atomic E-state index is 13.1. The van der Waals surface area contributed by atoms with Crippen LogP contribution in [0.25, 0.3) is 0 Å². The Hall–Kier alpha value is -1.38. The van der Waals surface area contributed by atoms with E-state index < -0.39 is 0 Å². The lowest BCUT2D eigenvalue weighted by Crippen LogP contribution is -2.38. The van der Waals surface area contributed by atoms with Gasteiger partial charge in [0, 0.05) is 13.1 Å². The Bertz CT molecular complexity index is 512. The van der Waals surface area contributed by atoms with Crippen molar-refractivity contribution in [2.45, 2.75) is 20.3 Å². The maximum Gasteiger partial charge on any atom is 0.310 e. The summed E-state index contributed by atoms with van der Waals surface area (Å²) in [6.45, 7) is 5.43. The number of carbonyl (C=O) groups is 1. The van der Waals surface area contributed by atoms with Crippen molar-refractivity contribution < 1.29 is 13.9 Å². The maximum absolute atomic E-state index is 13.1.